The maximum atomic E-state index is 12.2. The number of pyridine rings is 1. The first-order chi connectivity index (χ1) is 9.42. The Bertz CT molecular complexity index is 714. The van der Waals surface area contributed by atoms with Crippen LogP contribution in [0.5, 0.6) is 0 Å². The number of anilines is 1. The molecule has 10 heteroatoms. The molecule has 0 spiro atoms. The standard InChI is InChI=1S/C10H13BrN6O2S/c1-17-6-7(3-14-17)4-15-20(18,19)9-2-8(11)5-13-10(9)16-12/h2-3,5-6,15H,4,12H2,1H3,(H,13,16). The van der Waals surface area contributed by atoms with Gasteiger partial charge in [-0.25, -0.2) is 24.0 Å². The Balaban J connectivity index is 2.24. The van der Waals surface area contributed by atoms with E-state index >= 15 is 0 Å². The minimum absolute atomic E-state index is 0.0294. The van der Waals surface area contributed by atoms with Gasteiger partial charge in [-0.3, -0.25) is 4.68 Å². The van der Waals surface area contributed by atoms with Crippen LogP contribution in [0.25, 0.3) is 0 Å². The molecule has 0 amide bonds. The molecule has 0 aromatic carbocycles. The van der Waals surface area contributed by atoms with Crippen LogP contribution < -0.4 is 16.0 Å². The molecule has 2 aromatic heterocycles. The van der Waals surface area contributed by atoms with Crippen molar-refractivity contribution in [2.75, 3.05) is 5.43 Å². The maximum Gasteiger partial charge on any atom is 0.244 e. The Morgan fingerprint density at radius 3 is 2.80 bits per heavy atom. The minimum Gasteiger partial charge on any atom is -0.307 e. The third-order valence-corrected chi connectivity index (χ3v) is 4.32. The largest absolute Gasteiger partial charge is 0.307 e. The number of halogens is 1. The quantitative estimate of drug-likeness (QED) is 0.523. The number of rotatable bonds is 5. The predicted molar refractivity (Wildman–Crippen MR) is 77.0 cm³/mol. The second-order valence-electron chi connectivity index (χ2n) is 3.99. The average Bonchev–Trinajstić information content (AvgIpc) is 2.82. The lowest BCUT2D eigenvalue weighted by Gasteiger charge is -2.10. The smallest absolute Gasteiger partial charge is 0.244 e. The number of nitrogens with two attached hydrogens (primary N) is 1. The van der Waals surface area contributed by atoms with E-state index in [0.29, 0.717) is 4.47 Å². The lowest BCUT2D eigenvalue weighted by molar-refractivity contribution is 0.581. The molecule has 0 saturated heterocycles. The summed E-state index contributed by atoms with van der Waals surface area (Å²) in [6.07, 6.45) is 4.77. The normalized spacial score (nSPS) is 11.6. The molecule has 0 fully saturated rings. The van der Waals surface area contributed by atoms with Gasteiger partial charge in [-0.1, -0.05) is 0 Å². The Labute approximate surface area is 124 Å². The number of nitrogen functional groups attached to an aromatic ring is 1. The molecular formula is C10H13BrN6O2S. The van der Waals surface area contributed by atoms with E-state index in [-0.39, 0.29) is 17.3 Å². The fourth-order valence-electron chi connectivity index (χ4n) is 1.55. The Hall–Kier alpha value is -1.49. The first-order valence-corrected chi connectivity index (χ1v) is 7.79. The number of hydrogen-bond donors (Lipinski definition) is 3. The minimum atomic E-state index is -3.74. The van der Waals surface area contributed by atoms with Crippen LogP contribution in [0.2, 0.25) is 0 Å². The van der Waals surface area contributed by atoms with Crippen molar-refractivity contribution in [3.05, 3.63) is 34.7 Å². The Morgan fingerprint density at radius 1 is 1.45 bits per heavy atom. The SMILES string of the molecule is Cn1cc(CNS(=O)(=O)c2cc(Br)cnc2NN)cn1. The van der Waals surface area contributed by atoms with Crippen LogP contribution >= 0.6 is 15.9 Å². The van der Waals surface area contributed by atoms with E-state index in [1.165, 1.54) is 12.3 Å². The zero-order valence-electron chi connectivity index (χ0n) is 10.5. The van der Waals surface area contributed by atoms with Crippen molar-refractivity contribution < 1.29 is 8.42 Å². The number of aromatic nitrogens is 3. The number of nitrogens with zero attached hydrogens (tertiary/aromatic N) is 3. The number of aryl methyl sites for hydroxylation is 1. The van der Waals surface area contributed by atoms with Crippen LogP contribution in [-0.4, -0.2) is 23.2 Å². The highest BCUT2D eigenvalue weighted by atomic mass is 79.9. The van der Waals surface area contributed by atoms with Crippen molar-refractivity contribution in [3.63, 3.8) is 0 Å². The monoisotopic (exact) mass is 360 g/mol. The van der Waals surface area contributed by atoms with E-state index < -0.39 is 10.0 Å². The van der Waals surface area contributed by atoms with E-state index in [0.717, 1.165) is 5.56 Å². The first kappa shape index (κ1) is 14.9. The molecule has 0 saturated carbocycles. The van der Waals surface area contributed by atoms with Gasteiger partial charge in [-0.05, 0) is 22.0 Å². The fourth-order valence-corrected chi connectivity index (χ4v) is 3.20. The number of sulfonamides is 1. The molecule has 0 aliphatic carbocycles. The Kier molecular flexibility index (Phi) is 4.38. The molecule has 4 N–H and O–H groups in total. The topological polar surface area (TPSA) is 115 Å². The number of hydrogen-bond acceptors (Lipinski definition) is 6. The number of nitrogens with one attached hydrogen (secondary N) is 2. The van der Waals surface area contributed by atoms with Gasteiger partial charge in [0.15, 0.2) is 5.82 Å². The molecule has 0 aliphatic heterocycles. The van der Waals surface area contributed by atoms with Gasteiger partial charge < -0.3 is 5.43 Å². The predicted octanol–water partition coefficient (Wildman–Crippen LogP) is 0.342. The van der Waals surface area contributed by atoms with Crippen molar-refractivity contribution in [2.45, 2.75) is 11.4 Å². The summed E-state index contributed by atoms with van der Waals surface area (Å²) < 4.78 is 29.1. The van der Waals surface area contributed by atoms with Crippen molar-refractivity contribution >= 4 is 31.8 Å². The molecule has 0 bridgehead atoms. The highest BCUT2D eigenvalue weighted by Gasteiger charge is 2.20. The highest BCUT2D eigenvalue weighted by Crippen LogP contribution is 2.22. The molecule has 0 radical (unpaired) electrons. The lowest BCUT2D eigenvalue weighted by atomic mass is 10.4. The summed E-state index contributed by atoms with van der Waals surface area (Å²) in [5.74, 6) is 5.35. The maximum absolute atomic E-state index is 12.2. The second-order valence-corrected chi connectivity index (χ2v) is 6.64. The molecule has 2 aromatic rings. The molecule has 8 nitrogen and oxygen atoms in total. The van der Waals surface area contributed by atoms with Gasteiger partial charge in [0, 0.05) is 36.0 Å². The third-order valence-electron chi connectivity index (χ3n) is 2.47. The summed E-state index contributed by atoms with van der Waals surface area (Å²) in [4.78, 5) is 3.87. The van der Waals surface area contributed by atoms with Crippen LogP contribution in [0.15, 0.2) is 34.0 Å². The summed E-state index contributed by atoms with van der Waals surface area (Å²) >= 11 is 3.18. The van der Waals surface area contributed by atoms with Crippen LogP contribution in [0.4, 0.5) is 5.82 Å². The van der Waals surface area contributed by atoms with Crippen LogP contribution in [0.3, 0.4) is 0 Å². The van der Waals surface area contributed by atoms with E-state index in [9.17, 15) is 8.42 Å². The number of hydrazine groups is 1. The van der Waals surface area contributed by atoms with Gasteiger partial charge in [-0.15, -0.1) is 0 Å². The van der Waals surface area contributed by atoms with E-state index in [1.807, 2.05) is 0 Å². The molecule has 2 rings (SSSR count). The molecular weight excluding hydrogens is 348 g/mol. The first-order valence-electron chi connectivity index (χ1n) is 5.52. The second kappa shape index (κ2) is 5.87. The summed E-state index contributed by atoms with van der Waals surface area (Å²) in [6.45, 7) is 0.132. The molecule has 20 heavy (non-hydrogen) atoms. The summed E-state index contributed by atoms with van der Waals surface area (Å²) in [7, 11) is -1.98. The van der Waals surface area contributed by atoms with E-state index in [2.05, 4.69) is 36.2 Å². The van der Waals surface area contributed by atoms with Crippen molar-refractivity contribution in [1.29, 1.82) is 0 Å². The van der Waals surface area contributed by atoms with Crippen molar-refractivity contribution in [1.82, 2.24) is 19.5 Å². The highest BCUT2D eigenvalue weighted by molar-refractivity contribution is 9.10. The molecule has 108 valence electrons. The average molecular weight is 361 g/mol. The summed E-state index contributed by atoms with van der Waals surface area (Å²) in [6, 6.07) is 1.42. The summed E-state index contributed by atoms with van der Waals surface area (Å²) in [5.41, 5.74) is 3.01. The zero-order chi connectivity index (χ0) is 14.8. The third kappa shape index (κ3) is 3.33. The van der Waals surface area contributed by atoms with Gasteiger partial charge >= 0.3 is 0 Å². The fraction of sp³-hybridized carbons (Fsp3) is 0.200. The zero-order valence-corrected chi connectivity index (χ0v) is 12.9. The molecule has 0 unspecified atom stereocenters. The van der Waals surface area contributed by atoms with E-state index in [1.54, 1.807) is 24.1 Å². The molecule has 0 aliphatic rings. The van der Waals surface area contributed by atoms with Gasteiger partial charge in [0.05, 0.1) is 6.20 Å². The molecule has 0 atom stereocenters. The van der Waals surface area contributed by atoms with E-state index in [4.69, 9.17) is 5.84 Å². The van der Waals surface area contributed by atoms with Crippen LogP contribution in [0.1, 0.15) is 5.56 Å². The lowest BCUT2D eigenvalue weighted by Crippen LogP contribution is -2.25. The van der Waals surface area contributed by atoms with Crippen molar-refractivity contribution in [2.24, 2.45) is 12.9 Å². The van der Waals surface area contributed by atoms with Gasteiger partial charge in [-0.2, -0.15) is 5.10 Å². The Morgan fingerprint density at radius 2 is 2.20 bits per heavy atom. The van der Waals surface area contributed by atoms with Crippen molar-refractivity contribution in [3.8, 4) is 0 Å². The summed E-state index contributed by atoms with van der Waals surface area (Å²) in [5, 5.41) is 3.97. The van der Waals surface area contributed by atoms with Crippen LogP contribution in [0, 0.1) is 0 Å². The van der Waals surface area contributed by atoms with Crippen LogP contribution in [-0.2, 0) is 23.6 Å². The van der Waals surface area contributed by atoms with Gasteiger partial charge in [0.2, 0.25) is 10.0 Å². The molecule has 2 heterocycles. The van der Waals surface area contributed by atoms with Gasteiger partial charge in [0.25, 0.3) is 0 Å². The van der Waals surface area contributed by atoms with Gasteiger partial charge in [0.1, 0.15) is 4.90 Å².